The van der Waals surface area contributed by atoms with Crippen LogP contribution in [-0.2, 0) is 14.8 Å². The number of carbonyl (C=O) groups excluding carboxylic acids is 2. The Kier molecular flexibility index (Phi) is 7.97. The molecule has 33 heavy (non-hydrogen) atoms. The fourth-order valence-corrected chi connectivity index (χ4v) is 4.59. The summed E-state index contributed by atoms with van der Waals surface area (Å²) in [4.78, 5) is 27.6. The number of amides is 2. The molecule has 9 heteroatoms. The fourth-order valence-electron chi connectivity index (χ4n) is 3.73. The molecule has 2 aromatic rings. The highest BCUT2D eigenvalue weighted by molar-refractivity contribution is 7.92. The largest absolute Gasteiger partial charge is 0.491 e. The molecule has 0 aromatic heterocycles. The van der Waals surface area contributed by atoms with Crippen molar-refractivity contribution in [1.82, 2.24) is 4.90 Å². The quantitative estimate of drug-likeness (QED) is 0.633. The van der Waals surface area contributed by atoms with Crippen LogP contribution >= 0.6 is 0 Å². The summed E-state index contributed by atoms with van der Waals surface area (Å²) in [7, 11) is -3.73. The van der Waals surface area contributed by atoms with Crippen LogP contribution in [0.4, 0.5) is 11.4 Å². The summed E-state index contributed by atoms with van der Waals surface area (Å²) in [5.41, 5.74) is 1.11. The van der Waals surface area contributed by atoms with Crippen LogP contribution in [0.5, 0.6) is 5.75 Å². The molecule has 1 heterocycles. The van der Waals surface area contributed by atoms with E-state index in [4.69, 9.17) is 4.74 Å². The third-order valence-corrected chi connectivity index (χ3v) is 6.40. The van der Waals surface area contributed by atoms with E-state index in [1.165, 1.54) is 0 Å². The summed E-state index contributed by atoms with van der Waals surface area (Å²) in [6.45, 7) is 4.76. The van der Waals surface area contributed by atoms with Crippen molar-refractivity contribution in [2.75, 3.05) is 35.5 Å². The van der Waals surface area contributed by atoms with E-state index in [1.54, 1.807) is 53.4 Å². The van der Waals surface area contributed by atoms with E-state index in [0.29, 0.717) is 35.8 Å². The van der Waals surface area contributed by atoms with Gasteiger partial charge in [0.25, 0.3) is 5.91 Å². The number of ether oxygens (including phenoxy) is 1. The van der Waals surface area contributed by atoms with Crippen LogP contribution in [0.15, 0.2) is 48.5 Å². The van der Waals surface area contributed by atoms with Gasteiger partial charge in [0.05, 0.1) is 29.3 Å². The molecule has 0 radical (unpaired) electrons. The Morgan fingerprint density at radius 3 is 2.27 bits per heavy atom. The number of rotatable bonds is 8. The lowest BCUT2D eigenvalue weighted by atomic mass is 10.1. The zero-order valence-electron chi connectivity index (χ0n) is 19.3. The number of piperidine rings is 1. The van der Waals surface area contributed by atoms with Crippen molar-refractivity contribution in [3.8, 4) is 5.75 Å². The molecule has 2 amide bonds. The lowest BCUT2D eigenvalue weighted by Gasteiger charge is -2.27. The molecule has 8 nitrogen and oxygen atoms in total. The van der Waals surface area contributed by atoms with Gasteiger partial charge in [0.2, 0.25) is 15.9 Å². The van der Waals surface area contributed by atoms with Gasteiger partial charge < -0.3 is 15.0 Å². The summed E-state index contributed by atoms with van der Waals surface area (Å²) in [5.74, 6) is -0.0649. The van der Waals surface area contributed by atoms with Gasteiger partial charge in [-0.05, 0) is 69.5 Å². The van der Waals surface area contributed by atoms with Crippen molar-refractivity contribution in [2.24, 2.45) is 0 Å². The molecule has 1 fully saturated rings. The smallest absolute Gasteiger partial charge is 0.255 e. The van der Waals surface area contributed by atoms with Crippen LogP contribution in [0.3, 0.4) is 0 Å². The van der Waals surface area contributed by atoms with Gasteiger partial charge in [-0.3, -0.25) is 13.9 Å². The molecule has 0 spiro atoms. The van der Waals surface area contributed by atoms with E-state index < -0.39 is 22.5 Å². The topological polar surface area (TPSA) is 96.0 Å². The lowest BCUT2D eigenvalue weighted by Crippen LogP contribution is -2.38. The molecule has 1 aliphatic heterocycles. The summed E-state index contributed by atoms with van der Waals surface area (Å²) in [6.07, 6.45) is 4.07. The second kappa shape index (κ2) is 10.7. The third-order valence-electron chi connectivity index (χ3n) is 5.26. The van der Waals surface area contributed by atoms with Gasteiger partial charge >= 0.3 is 0 Å². The van der Waals surface area contributed by atoms with Gasteiger partial charge in [0.1, 0.15) is 12.3 Å². The predicted octanol–water partition coefficient (Wildman–Crippen LogP) is 3.50. The van der Waals surface area contributed by atoms with Gasteiger partial charge in [-0.25, -0.2) is 8.42 Å². The third kappa shape index (κ3) is 6.71. The average Bonchev–Trinajstić information content (AvgIpc) is 2.77. The van der Waals surface area contributed by atoms with Crippen molar-refractivity contribution >= 4 is 33.2 Å². The van der Waals surface area contributed by atoms with Crippen LogP contribution in [0.25, 0.3) is 0 Å². The number of sulfonamides is 1. The number of hydrogen-bond acceptors (Lipinski definition) is 5. The minimum Gasteiger partial charge on any atom is -0.491 e. The summed E-state index contributed by atoms with van der Waals surface area (Å²) >= 11 is 0. The first-order valence-corrected chi connectivity index (χ1v) is 12.9. The van der Waals surface area contributed by atoms with Gasteiger partial charge in [0, 0.05) is 13.1 Å². The number of likely N-dealkylation sites (tertiary alicyclic amines) is 1. The van der Waals surface area contributed by atoms with Gasteiger partial charge in [-0.1, -0.05) is 12.1 Å². The fraction of sp³-hybridized carbons (Fsp3) is 0.417. The van der Waals surface area contributed by atoms with Crippen LogP contribution < -0.4 is 14.4 Å². The molecule has 1 saturated heterocycles. The van der Waals surface area contributed by atoms with E-state index in [-0.39, 0.29) is 12.0 Å². The van der Waals surface area contributed by atoms with Crippen molar-refractivity contribution in [1.29, 1.82) is 0 Å². The van der Waals surface area contributed by atoms with Gasteiger partial charge in [-0.2, -0.15) is 0 Å². The Morgan fingerprint density at radius 1 is 1.03 bits per heavy atom. The monoisotopic (exact) mass is 473 g/mol. The van der Waals surface area contributed by atoms with Crippen LogP contribution in [0, 0.1) is 0 Å². The second-order valence-electron chi connectivity index (χ2n) is 8.38. The lowest BCUT2D eigenvalue weighted by molar-refractivity contribution is -0.114. The van der Waals surface area contributed by atoms with E-state index in [1.807, 2.05) is 13.8 Å². The highest BCUT2D eigenvalue weighted by Gasteiger charge is 2.24. The van der Waals surface area contributed by atoms with Crippen LogP contribution in [0.2, 0.25) is 0 Å². The van der Waals surface area contributed by atoms with Gasteiger partial charge in [0.15, 0.2) is 0 Å². The van der Waals surface area contributed by atoms with Crippen molar-refractivity contribution < 1.29 is 22.7 Å². The summed E-state index contributed by atoms with van der Waals surface area (Å²) in [6, 6.07) is 13.3. The number of carbonyl (C=O) groups is 2. The molecular weight excluding hydrogens is 442 g/mol. The van der Waals surface area contributed by atoms with Gasteiger partial charge in [-0.15, -0.1) is 0 Å². The average molecular weight is 474 g/mol. The summed E-state index contributed by atoms with van der Waals surface area (Å²) < 4.78 is 31.5. The van der Waals surface area contributed by atoms with Crippen LogP contribution in [-0.4, -0.2) is 57.1 Å². The molecule has 1 N–H and O–H groups in total. The predicted molar refractivity (Wildman–Crippen MR) is 129 cm³/mol. The molecule has 0 unspecified atom stereocenters. The number of anilines is 2. The molecule has 0 bridgehead atoms. The molecule has 3 rings (SSSR count). The Balaban J connectivity index is 1.76. The molecular formula is C24H31N3O5S. The van der Waals surface area contributed by atoms with Crippen molar-refractivity contribution in [3.05, 3.63) is 54.1 Å². The molecule has 178 valence electrons. The zero-order valence-corrected chi connectivity index (χ0v) is 20.1. The van der Waals surface area contributed by atoms with Crippen molar-refractivity contribution in [2.45, 2.75) is 39.2 Å². The first-order chi connectivity index (χ1) is 15.6. The first kappa shape index (κ1) is 24.6. The maximum absolute atomic E-state index is 13.0. The minimum atomic E-state index is -3.73. The molecule has 0 saturated carbocycles. The van der Waals surface area contributed by atoms with E-state index >= 15 is 0 Å². The number of hydrogen-bond donors (Lipinski definition) is 1. The van der Waals surface area contributed by atoms with Crippen LogP contribution in [0.1, 0.15) is 43.5 Å². The number of benzene rings is 2. The standard InChI is InChI=1S/C24H31N3O5S/c1-18(2)32-20-13-11-19(12-14-20)27(33(3,30)31)17-23(28)25-22-10-6-5-9-21(22)24(29)26-15-7-4-8-16-26/h5-6,9-14,18H,4,7-8,15-17H2,1-3H3,(H,25,28). The zero-order chi connectivity index (χ0) is 24.0. The SMILES string of the molecule is CC(C)Oc1ccc(N(CC(=O)Nc2ccccc2C(=O)N2CCCCC2)S(C)(=O)=O)cc1. The van der Waals surface area contributed by atoms with Crippen molar-refractivity contribution in [3.63, 3.8) is 0 Å². The second-order valence-corrected chi connectivity index (χ2v) is 10.3. The minimum absolute atomic E-state index is 0.0136. The molecule has 2 aromatic carbocycles. The number of para-hydroxylation sites is 1. The maximum Gasteiger partial charge on any atom is 0.255 e. The summed E-state index contributed by atoms with van der Waals surface area (Å²) in [5, 5.41) is 2.72. The first-order valence-electron chi connectivity index (χ1n) is 11.1. The van der Waals surface area contributed by atoms with E-state index in [2.05, 4.69) is 5.32 Å². The molecule has 1 aliphatic rings. The Morgan fingerprint density at radius 2 is 1.67 bits per heavy atom. The Bertz CT molecular complexity index is 1080. The Hall–Kier alpha value is -3.07. The Labute approximate surface area is 195 Å². The number of nitrogens with zero attached hydrogens (tertiary/aromatic N) is 2. The van der Waals surface area contributed by atoms with E-state index in [9.17, 15) is 18.0 Å². The number of nitrogens with one attached hydrogen (secondary N) is 1. The highest BCUT2D eigenvalue weighted by Crippen LogP contribution is 2.23. The molecule has 0 atom stereocenters. The molecule has 0 aliphatic carbocycles. The highest BCUT2D eigenvalue weighted by atomic mass is 32.2. The normalized spacial score (nSPS) is 14.1. The van der Waals surface area contributed by atoms with E-state index in [0.717, 1.165) is 29.8 Å². The maximum atomic E-state index is 13.0.